The first-order valence-corrected chi connectivity index (χ1v) is 11.1. The van der Waals surface area contributed by atoms with Gasteiger partial charge < -0.3 is 9.80 Å². The van der Waals surface area contributed by atoms with Gasteiger partial charge in [-0.3, -0.25) is 15.0 Å². The van der Waals surface area contributed by atoms with E-state index in [-0.39, 0.29) is 10.6 Å². The van der Waals surface area contributed by atoms with Crippen LogP contribution in [0.1, 0.15) is 33.3 Å². The molecule has 168 valence electrons. The topological polar surface area (TPSA) is 78.6 Å². The highest BCUT2D eigenvalue weighted by Crippen LogP contribution is 2.35. The number of hydrogen-bond donors (Lipinski definition) is 0. The van der Waals surface area contributed by atoms with E-state index in [4.69, 9.17) is 0 Å². The molecule has 8 nitrogen and oxygen atoms in total. The summed E-state index contributed by atoms with van der Waals surface area (Å²) < 4.78 is 0. The van der Waals surface area contributed by atoms with Crippen molar-refractivity contribution in [3.05, 3.63) is 52.3 Å². The minimum Gasteiger partial charge on any atom is -0.350 e. The molecule has 1 aliphatic heterocycles. The molecule has 0 aliphatic carbocycles. The van der Waals surface area contributed by atoms with Crippen LogP contribution in [0.2, 0.25) is 0 Å². The molecule has 31 heavy (non-hydrogen) atoms. The van der Waals surface area contributed by atoms with Crippen LogP contribution in [0.3, 0.4) is 0 Å². The Kier molecular flexibility index (Phi) is 7.79. The summed E-state index contributed by atoms with van der Waals surface area (Å²) in [5.74, 6) is 1.62. The number of anilines is 2. The minimum atomic E-state index is -0.311. The van der Waals surface area contributed by atoms with Crippen LogP contribution in [-0.2, 0) is 6.54 Å². The van der Waals surface area contributed by atoms with Crippen LogP contribution in [0.4, 0.5) is 17.3 Å². The Balaban J connectivity index is 1.80. The van der Waals surface area contributed by atoms with Gasteiger partial charge in [0, 0.05) is 45.8 Å². The van der Waals surface area contributed by atoms with E-state index in [1.54, 1.807) is 0 Å². The summed E-state index contributed by atoms with van der Waals surface area (Å²) in [7, 11) is 0. The summed E-state index contributed by atoms with van der Waals surface area (Å²) >= 11 is 0. The molecule has 0 bridgehead atoms. The van der Waals surface area contributed by atoms with Crippen LogP contribution in [0, 0.1) is 22.0 Å². The van der Waals surface area contributed by atoms with E-state index in [1.165, 1.54) is 11.9 Å². The third-order valence-electron chi connectivity index (χ3n) is 5.36. The SMILES string of the molecule is CC(C)CN(CC(C)C)c1ncnc(N2CCN(Cc3ccccc3)CC2)c1[N+](=O)[O-]. The van der Waals surface area contributed by atoms with Gasteiger partial charge in [0.2, 0.25) is 11.6 Å². The van der Waals surface area contributed by atoms with Gasteiger partial charge >= 0.3 is 5.69 Å². The maximum absolute atomic E-state index is 12.1. The van der Waals surface area contributed by atoms with E-state index in [1.807, 2.05) is 15.9 Å². The van der Waals surface area contributed by atoms with E-state index in [9.17, 15) is 10.1 Å². The zero-order chi connectivity index (χ0) is 22.4. The predicted molar refractivity (Wildman–Crippen MR) is 125 cm³/mol. The van der Waals surface area contributed by atoms with Crippen LogP contribution in [0.25, 0.3) is 0 Å². The molecular formula is C23H34N6O2. The van der Waals surface area contributed by atoms with Gasteiger partial charge in [-0.1, -0.05) is 58.0 Å². The lowest BCUT2D eigenvalue weighted by atomic mass is 10.1. The molecule has 1 aromatic heterocycles. The van der Waals surface area contributed by atoms with Gasteiger partial charge in [0.25, 0.3) is 0 Å². The Hall–Kier alpha value is -2.74. The highest BCUT2D eigenvalue weighted by Gasteiger charge is 2.32. The minimum absolute atomic E-state index is 0.0281. The Morgan fingerprint density at radius 3 is 2.16 bits per heavy atom. The Labute approximate surface area is 185 Å². The maximum atomic E-state index is 12.1. The molecular weight excluding hydrogens is 392 g/mol. The van der Waals surface area contributed by atoms with E-state index in [0.717, 1.165) is 32.7 Å². The van der Waals surface area contributed by atoms with Crippen molar-refractivity contribution in [2.24, 2.45) is 11.8 Å². The second-order valence-corrected chi connectivity index (χ2v) is 9.07. The molecule has 2 aromatic rings. The van der Waals surface area contributed by atoms with Gasteiger partial charge in [0.05, 0.1) is 4.92 Å². The lowest BCUT2D eigenvalue weighted by Crippen LogP contribution is -2.46. The molecule has 1 aliphatic rings. The molecule has 0 unspecified atom stereocenters. The zero-order valence-electron chi connectivity index (χ0n) is 19.1. The highest BCUT2D eigenvalue weighted by atomic mass is 16.6. The molecule has 8 heteroatoms. The Morgan fingerprint density at radius 2 is 1.61 bits per heavy atom. The average Bonchev–Trinajstić information content (AvgIpc) is 2.73. The number of benzene rings is 1. The van der Waals surface area contributed by atoms with Crippen LogP contribution in [-0.4, -0.2) is 59.1 Å². The molecule has 0 amide bonds. The molecule has 0 saturated carbocycles. The number of aromatic nitrogens is 2. The fourth-order valence-electron chi connectivity index (χ4n) is 4.08. The number of hydrogen-bond acceptors (Lipinski definition) is 7. The van der Waals surface area contributed by atoms with Crippen molar-refractivity contribution in [1.82, 2.24) is 14.9 Å². The Bertz CT molecular complexity index is 840. The number of nitrogens with zero attached hydrogens (tertiary/aromatic N) is 6. The third-order valence-corrected chi connectivity index (χ3v) is 5.36. The summed E-state index contributed by atoms with van der Waals surface area (Å²) in [6.45, 7) is 13.9. The standard InChI is InChI=1S/C23H34N6O2/c1-18(2)14-28(15-19(3)4)23-21(29(30)31)22(24-17-25-23)27-12-10-26(11-13-27)16-20-8-6-5-7-9-20/h5-9,17-19H,10-16H2,1-4H3. The smallest absolute Gasteiger partial charge is 0.350 e. The molecule has 1 aromatic carbocycles. The fourth-order valence-corrected chi connectivity index (χ4v) is 4.08. The van der Waals surface area contributed by atoms with Crippen LogP contribution in [0.15, 0.2) is 36.7 Å². The summed E-state index contributed by atoms with van der Waals surface area (Å²) in [5, 5.41) is 12.1. The van der Waals surface area contributed by atoms with Crippen LogP contribution in [0.5, 0.6) is 0 Å². The van der Waals surface area contributed by atoms with Gasteiger partial charge in [-0.15, -0.1) is 0 Å². The van der Waals surface area contributed by atoms with Gasteiger partial charge in [0.15, 0.2) is 0 Å². The van der Waals surface area contributed by atoms with Crippen molar-refractivity contribution in [2.45, 2.75) is 34.2 Å². The number of nitro groups is 1. The normalized spacial score (nSPS) is 15.0. The quantitative estimate of drug-likeness (QED) is 0.445. The van der Waals surface area contributed by atoms with E-state index >= 15 is 0 Å². The molecule has 2 heterocycles. The second-order valence-electron chi connectivity index (χ2n) is 9.07. The van der Waals surface area contributed by atoms with Crippen molar-refractivity contribution in [3.8, 4) is 0 Å². The molecule has 1 saturated heterocycles. The van der Waals surface area contributed by atoms with Crippen LogP contribution < -0.4 is 9.80 Å². The predicted octanol–water partition coefficient (Wildman–Crippen LogP) is 3.83. The molecule has 0 N–H and O–H groups in total. The first kappa shape index (κ1) is 22.9. The van der Waals surface area contributed by atoms with Gasteiger partial charge in [-0.05, 0) is 17.4 Å². The lowest BCUT2D eigenvalue weighted by molar-refractivity contribution is -0.383. The molecule has 0 radical (unpaired) electrons. The molecule has 0 spiro atoms. The molecule has 0 atom stereocenters. The summed E-state index contributed by atoms with van der Waals surface area (Å²) in [6, 6.07) is 10.4. The summed E-state index contributed by atoms with van der Waals surface area (Å²) in [6.07, 6.45) is 1.47. The van der Waals surface area contributed by atoms with Gasteiger partial charge in [0.1, 0.15) is 6.33 Å². The molecule has 3 rings (SSSR count). The van der Waals surface area contributed by atoms with Crippen molar-refractivity contribution in [2.75, 3.05) is 49.1 Å². The highest BCUT2D eigenvalue weighted by molar-refractivity contribution is 5.71. The third kappa shape index (κ3) is 6.13. The average molecular weight is 427 g/mol. The fraction of sp³-hybridized carbons (Fsp3) is 0.565. The molecule has 1 fully saturated rings. The summed E-state index contributed by atoms with van der Waals surface area (Å²) in [4.78, 5) is 27.0. The van der Waals surface area contributed by atoms with Crippen molar-refractivity contribution in [3.63, 3.8) is 0 Å². The zero-order valence-corrected chi connectivity index (χ0v) is 19.1. The Morgan fingerprint density at radius 1 is 1.00 bits per heavy atom. The van der Waals surface area contributed by atoms with Gasteiger partial charge in [-0.25, -0.2) is 9.97 Å². The van der Waals surface area contributed by atoms with Crippen molar-refractivity contribution < 1.29 is 4.92 Å². The van der Waals surface area contributed by atoms with Crippen LogP contribution >= 0.6 is 0 Å². The van der Waals surface area contributed by atoms with E-state index < -0.39 is 0 Å². The van der Waals surface area contributed by atoms with Crippen molar-refractivity contribution in [1.29, 1.82) is 0 Å². The first-order chi connectivity index (χ1) is 14.8. The monoisotopic (exact) mass is 426 g/mol. The van der Waals surface area contributed by atoms with E-state index in [2.05, 4.69) is 66.8 Å². The largest absolute Gasteiger partial charge is 0.353 e. The number of piperazine rings is 1. The lowest BCUT2D eigenvalue weighted by Gasteiger charge is -2.35. The van der Waals surface area contributed by atoms with Gasteiger partial charge in [-0.2, -0.15) is 0 Å². The maximum Gasteiger partial charge on any atom is 0.353 e. The number of rotatable bonds is 9. The second kappa shape index (κ2) is 10.5. The van der Waals surface area contributed by atoms with E-state index in [0.29, 0.717) is 36.6 Å². The summed E-state index contributed by atoms with van der Waals surface area (Å²) in [5.41, 5.74) is 1.31. The first-order valence-electron chi connectivity index (χ1n) is 11.1. The van der Waals surface area contributed by atoms with Crippen molar-refractivity contribution >= 4 is 17.3 Å².